The first-order valence-electron chi connectivity index (χ1n) is 11.1. The fraction of sp³-hybridized carbons (Fsp3) is 0.0769. The number of imidazole rings is 1. The van der Waals surface area contributed by atoms with E-state index in [0.29, 0.717) is 0 Å². The molecule has 0 aliphatic rings. The van der Waals surface area contributed by atoms with E-state index in [4.69, 9.17) is 9.47 Å². The van der Waals surface area contributed by atoms with Gasteiger partial charge in [0.15, 0.2) is 17.5 Å². The number of anilines is 1. The normalized spacial score (nSPS) is 11.4. The van der Waals surface area contributed by atoms with Crippen molar-refractivity contribution in [3.63, 3.8) is 0 Å². The molecule has 2 aromatic heterocycles. The lowest BCUT2D eigenvalue weighted by Crippen LogP contribution is -2.15. The monoisotopic (exact) mass is 555 g/mol. The highest BCUT2D eigenvalue weighted by Gasteiger charge is 2.24. The summed E-state index contributed by atoms with van der Waals surface area (Å²) in [5.41, 5.74) is 1.05. The summed E-state index contributed by atoms with van der Waals surface area (Å²) in [6.45, 7) is -0.0725. The molecule has 5 aromatic rings. The Morgan fingerprint density at radius 1 is 1.03 bits per heavy atom. The van der Waals surface area contributed by atoms with Crippen LogP contribution in [-0.4, -0.2) is 31.2 Å². The number of ether oxygens (including phenoxy) is 2. The van der Waals surface area contributed by atoms with Gasteiger partial charge in [-0.25, -0.2) is 31.5 Å². The van der Waals surface area contributed by atoms with Gasteiger partial charge >= 0.3 is 6.09 Å². The molecule has 3 aromatic carbocycles. The predicted molar refractivity (Wildman–Crippen MR) is 139 cm³/mol. The van der Waals surface area contributed by atoms with Crippen LogP contribution in [0.2, 0.25) is 0 Å². The summed E-state index contributed by atoms with van der Waals surface area (Å²) in [5.74, 6) is -2.10. The van der Waals surface area contributed by atoms with Crippen molar-refractivity contribution in [2.24, 2.45) is 0 Å². The SMILES string of the molecule is COc1ccc(-c2nc3cc(F)c(F)cc3n2C(=O)OCc2ccccc2)cc1NS(=O)(=O)c1cccs1. The van der Waals surface area contributed by atoms with Crippen LogP contribution in [0, 0.1) is 11.6 Å². The molecule has 0 amide bonds. The molecule has 0 spiro atoms. The molecule has 0 unspecified atom stereocenters. The Morgan fingerprint density at radius 2 is 1.79 bits per heavy atom. The molecule has 194 valence electrons. The number of carbonyl (C=O) groups excluding carboxylic acids is 1. The number of rotatable bonds is 7. The first-order chi connectivity index (χ1) is 18.3. The Labute approximate surface area is 220 Å². The number of hydrogen-bond donors (Lipinski definition) is 1. The minimum absolute atomic E-state index is 0.00657. The van der Waals surface area contributed by atoms with E-state index >= 15 is 0 Å². The van der Waals surface area contributed by atoms with Crippen LogP contribution in [0.4, 0.5) is 19.3 Å². The summed E-state index contributed by atoms with van der Waals surface area (Å²) in [6, 6.07) is 18.2. The highest BCUT2D eigenvalue weighted by Crippen LogP contribution is 2.34. The number of carbonyl (C=O) groups is 1. The Kier molecular flexibility index (Phi) is 6.83. The number of halogens is 2. The molecule has 0 saturated heterocycles. The van der Waals surface area contributed by atoms with Crippen molar-refractivity contribution in [1.82, 2.24) is 9.55 Å². The van der Waals surface area contributed by atoms with Gasteiger partial charge in [0.1, 0.15) is 16.6 Å². The number of thiophene rings is 1. The van der Waals surface area contributed by atoms with Gasteiger partial charge in [-0.3, -0.25) is 4.72 Å². The second kappa shape index (κ2) is 10.2. The number of hydrogen-bond acceptors (Lipinski definition) is 7. The molecule has 0 saturated carbocycles. The van der Waals surface area contributed by atoms with Gasteiger partial charge in [0.05, 0.1) is 23.8 Å². The van der Waals surface area contributed by atoms with Crippen molar-refractivity contribution in [2.75, 3.05) is 11.8 Å². The first kappa shape index (κ1) is 25.4. The number of benzene rings is 3. The molecule has 0 bridgehead atoms. The zero-order valence-corrected chi connectivity index (χ0v) is 21.4. The predicted octanol–water partition coefficient (Wildman–Crippen LogP) is 6.04. The molecule has 0 atom stereocenters. The molecule has 2 heterocycles. The molecule has 12 heteroatoms. The van der Waals surface area contributed by atoms with Crippen LogP contribution < -0.4 is 9.46 Å². The molecule has 1 N–H and O–H groups in total. The molecular weight excluding hydrogens is 536 g/mol. The standard InChI is InChI=1S/C26H19F2N3O5S2/c1-35-23-10-9-17(12-21(23)30-38(33,34)24-8-5-11-37-24)25-29-20-13-18(27)19(28)14-22(20)31(25)26(32)36-15-16-6-3-2-4-7-16/h2-14,30H,15H2,1H3. The number of methoxy groups -OCH3 is 1. The van der Waals surface area contributed by atoms with Crippen molar-refractivity contribution in [3.05, 3.63) is 95.4 Å². The van der Waals surface area contributed by atoms with Crippen molar-refractivity contribution in [2.45, 2.75) is 10.8 Å². The summed E-state index contributed by atoms with van der Waals surface area (Å²) in [6.07, 6.45) is -0.881. The largest absolute Gasteiger partial charge is 0.495 e. The second-order valence-corrected chi connectivity index (χ2v) is 10.9. The number of aromatic nitrogens is 2. The van der Waals surface area contributed by atoms with Gasteiger partial charge in [-0.15, -0.1) is 11.3 Å². The summed E-state index contributed by atoms with van der Waals surface area (Å²) in [7, 11) is -2.56. The Morgan fingerprint density at radius 3 is 2.50 bits per heavy atom. The van der Waals surface area contributed by atoms with Gasteiger partial charge < -0.3 is 9.47 Å². The van der Waals surface area contributed by atoms with E-state index in [2.05, 4.69) is 9.71 Å². The van der Waals surface area contributed by atoms with Gasteiger partial charge in [-0.1, -0.05) is 36.4 Å². The Bertz CT molecular complexity index is 1740. The van der Waals surface area contributed by atoms with Crippen LogP contribution in [-0.2, 0) is 21.4 Å². The molecule has 0 aliphatic carbocycles. The van der Waals surface area contributed by atoms with Crippen molar-refractivity contribution in [1.29, 1.82) is 0 Å². The smallest absolute Gasteiger partial charge is 0.420 e. The van der Waals surface area contributed by atoms with Gasteiger partial charge in [0.2, 0.25) is 0 Å². The van der Waals surface area contributed by atoms with Gasteiger partial charge in [-0.05, 0) is 35.2 Å². The third-order valence-corrected chi connectivity index (χ3v) is 8.31. The third-order valence-electron chi connectivity index (χ3n) is 5.55. The van der Waals surface area contributed by atoms with Crippen molar-refractivity contribution >= 4 is 44.2 Å². The number of nitrogens with zero attached hydrogens (tertiary/aromatic N) is 2. The zero-order valence-electron chi connectivity index (χ0n) is 19.7. The summed E-state index contributed by atoms with van der Waals surface area (Å²) in [4.78, 5) is 17.6. The molecule has 0 radical (unpaired) electrons. The van der Waals surface area contributed by atoms with Crippen LogP contribution in [0.5, 0.6) is 5.75 Å². The number of nitrogens with one attached hydrogen (secondary N) is 1. The maximum Gasteiger partial charge on any atom is 0.420 e. The van der Waals surface area contributed by atoms with E-state index in [1.165, 1.54) is 31.4 Å². The molecule has 0 fully saturated rings. The Hall–Kier alpha value is -4.29. The van der Waals surface area contributed by atoms with E-state index in [-0.39, 0.29) is 44.7 Å². The van der Waals surface area contributed by atoms with Gasteiger partial charge in [-0.2, -0.15) is 0 Å². The summed E-state index contributed by atoms with van der Waals surface area (Å²) >= 11 is 1.04. The van der Waals surface area contributed by atoms with E-state index in [1.807, 2.05) is 6.07 Å². The van der Waals surface area contributed by atoms with Crippen LogP contribution in [0.1, 0.15) is 5.56 Å². The molecule has 5 rings (SSSR count). The van der Waals surface area contributed by atoms with E-state index in [9.17, 15) is 22.0 Å². The highest BCUT2D eigenvalue weighted by atomic mass is 32.2. The van der Waals surface area contributed by atoms with E-state index in [1.54, 1.807) is 35.7 Å². The summed E-state index contributed by atoms with van der Waals surface area (Å²) in [5, 5.41) is 1.63. The van der Waals surface area contributed by atoms with Gasteiger partial charge in [0, 0.05) is 17.7 Å². The lowest BCUT2D eigenvalue weighted by Gasteiger charge is -2.14. The maximum absolute atomic E-state index is 14.2. The number of sulfonamides is 1. The van der Waals surface area contributed by atoms with Crippen LogP contribution in [0.15, 0.2) is 82.4 Å². The maximum atomic E-state index is 14.2. The van der Waals surface area contributed by atoms with Crippen LogP contribution >= 0.6 is 11.3 Å². The molecule has 0 aliphatic heterocycles. The topological polar surface area (TPSA) is 99.5 Å². The average Bonchev–Trinajstić information content (AvgIpc) is 3.57. The lowest BCUT2D eigenvalue weighted by molar-refractivity contribution is 0.142. The second-order valence-electron chi connectivity index (χ2n) is 8.02. The van der Waals surface area contributed by atoms with Crippen molar-refractivity contribution in [3.8, 4) is 17.1 Å². The Balaban J connectivity index is 1.60. The fourth-order valence-electron chi connectivity index (χ4n) is 3.77. The quantitative estimate of drug-likeness (QED) is 0.263. The van der Waals surface area contributed by atoms with Crippen molar-refractivity contribution < 1.29 is 31.5 Å². The average molecular weight is 556 g/mol. The van der Waals surface area contributed by atoms with E-state index in [0.717, 1.165) is 33.6 Å². The minimum Gasteiger partial charge on any atom is -0.495 e. The molecular formula is C26H19F2N3O5S2. The highest BCUT2D eigenvalue weighted by molar-refractivity contribution is 7.94. The molecule has 8 nitrogen and oxygen atoms in total. The zero-order chi connectivity index (χ0) is 26.9. The minimum atomic E-state index is -3.93. The van der Waals surface area contributed by atoms with E-state index < -0.39 is 27.8 Å². The van der Waals surface area contributed by atoms with Gasteiger partial charge in [0.25, 0.3) is 10.0 Å². The van der Waals surface area contributed by atoms with Crippen LogP contribution in [0.3, 0.4) is 0 Å². The third kappa shape index (κ3) is 4.95. The summed E-state index contributed by atoms with van der Waals surface area (Å²) < 4.78 is 68.3. The van der Waals surface area contributed by atoms with Crippen LogP contribution in [0.25, 0.3) is 22.4 Å². The first-order valence-corrected chi connectivity index (χ1v) is 13.5. The molecule has 38 heavy (non-hydrogen) atoms. The number of fused-ring (bicyclic) bond motifs is 1. The fourth-order valence-corrected chi connectivity index (χ4v) is 5.83. The lowest BCUT2D eigenvalue weighted by atomic mass is 10.1.